The summed E-state index contributed by atoms with van der Waals surface area (Å²) in [6, 6.07) is 17.4. The molecule has 2 unspecified atom stereocenters. The van der Waals surface area contributed by atoms with Gasteiger partial charge in [-0.2, -0.15) is 0 Å². The topological polar surface area (TPSA) is 21.3 Å². The smallest absolute Gasteiger partial charge is 0.124 e. The molecule has 19 heavy (non-hydrogen) atoms. The van der Waals surface area contributed by atoms with Crippen LogP contribution in [0.2, 0.25) is 0 Å². The Morgan fingerprint density at radius 2 is 1.84 bits per heavy atom. The number of hydrogen-bond acceptors (Lipinski definition) is 2. The lowest BCUT2D eigenvalue weighted by Crippen LogP contribution is -2.25. The van der Waals surface area contributed by atoms with E-state index < -0.39 is 0 Å². The number of hydrogen-bond donors (Lipinski definition) is 1. The van der Waals surface area contributed by atoms with Gasteiger partial charge in [-0.25, -0.2) is 0 Å². The minimum absolute atomic E-state index is 0.201. The fourth-order valence-electron chi connectivity index (χ4n) is 2.80. The third kappa shape index (κ3) is 2.36. The van der Waals surface area contributed by atoms with E-state index >= 15 is 0 Å². The largest absolute Gasteiger partial charge is 0.488 e. The lowest BCUT2D eigenvalue weighted by Gasteiger charge is -2.13. The van der Waals surface area contributed by atoms with Gasteiger partial charge in [0.2, 0.25) is 0 Å². The van der Waals surface area contributed by atoms with E-state index in [4.69, 9.17) is 4.74 Å². The molecule has 2 aromatic rings. The molecular weight excluding hydrogens is 234 g/mol. The van der Waals surface area contributed by atoms with Gasteiger partial charge in [-0.15, -0.1) is 0 Å². The van der Waals surface area contributed by atoms with Crippen LogP contribution in [-0.2, 0) is 6.42 Å². The van der Waals surface area contributed by atoms with Crippen molar-refractivity contribution in [2.24, 2.45) is 0 Å². The Bertz CT molecular complexity index is 565. The van der Waals surface area contributed by atoms with Gasteiger partial charge in [-0.3, -0.25) is 0 Å². The zero-order valence-electron chi connectivity index (χ0n) is 11.4. The molecule has 1 aliphatic rings. The third-order valence-corrected chi connectivity index (χ3v) is 3.75. The molecule has 0 aliphatic carbocycles. The quantitative estimate of drug-likeness (QED) is 0.906. The normalized spacial score (nSPS) is 20.9. The summed E-state index contributed by atoms with van der Waals surface area (Å²) in [5.74, 6) is 1.02. The summed E-state index contributed by atoms with van der Waals surface area (Å²) in [5.41, 5.74) is 3.96. The predicted molar refractivity (Wildman–Crippen MR) is 77.6 cm³/mol. The molecule has 0 spiro atoms. The monoisotopic (exact) mass is 253 g/mol. The van der Waals surface area contributed by atoms with Gasteiger partial charge < -0.3 is 10.1 Å². The van der Waals surface area contributed by atoms with Crippen molar-refractivity contribution in [2.75, 3.05) is 7.05 Å². The number of nitrogens with one attached hydrogen (secondary N) is 1. The van der Waals surface area contributed by atoms with Gasteiger partial charge in [0.15, 0.2) is 0 Å². The van der Waals surface area contributed by atoms with Gasteiger partial charge in [0, 0.05) is 5.56 Å². The molecule has 3 rings (SSSR count). The SMILES string of the molecule is CNC1c2cc(Cc3ccccc3)ccc2OC1C. The van der Waals surface area contributed by atoms with E-state index in [2.05, 4.69) is 60.8 Å². The van der Waals surface area contributed by atoms with Crippen LogP contribution < -0.4 is 10.1 Å². The van der Waals surface area contributed by atoms with Crippen LogP contribution in [0.25, 0.3) is 0 Å². The lowest BCUT2D eigenvalue weighted by molar-refractivity contribution is 0.214. The molecule has 2 atom stereocenters. The van der Waals surface area contributed by atoms with E-state index in [-0.39, 0.29) is 6.10 Å². The first-order valence-electron chi connectivity index (χ1n) is 6.78. The van der Waals surface area contributed by atoms with E-state index in [0.29, 0.717) is 6.04 Å². The van der Waals surface area contributed by atoms with Crippen LogP contribution in [0.1, 0.15) is 29.7 Å². The number of fused-ring (bicyclic) bond motifs is 1. The summed E-state index contributed by atoms with van der Waals surface area (Å²) < 4.78 is 5.85. The maximum absolute atomic E-state index is 5.85. The molecule has 1 heterocycles. The summed E-state index contributed by atoms with van der Waals surface area (Å²) in [6.45, 7) is 2.11. The Hall–Kier alpha value is -1.80. The molecular formula is C17H19NO. The minimum Gasteiger partial charge on any atom is -0.488 e. The van der Waals surface area contributed by atoms with Crippen molar-refractivity contribution in [3.05, 3.63) is 65.2 Å². The Morgan fingerprint density at radius 3 is 2.58 bits per heavy atom. The van der Waals surface area contributed by atoms with Crippen LogP contribution in [0.5, 0.6) is 5.75 Å². The molecule has 1 N–H and O–H groups in total. The highest BCUT2D eigenvalue weighted by Gasteiger charge is 2.29. The number of ether oxygens (including phenoxy) is 1. The second-order valence-corrected chi connectivity index (χ2v) is 5.12. The first kappa shape index (κ1) is 12.2. The van der Waals surface area contributed by atoms with E-state index in [1.54, 1.807) is 0 Å². The van der Waals surface area contributed by atoms with Crippen molar-refractivity contribution in [3.8, 4) is 5.75 Å². The highest BCUT2D eigenvalue weighted by molar-refractivity contribution is 5.44. The Kier molecular flexibility index (Phi) is 3.26. The first-order chi connectivity index (χ1) is 9.28. The predicted octanol–water partition coefficient (Wildman–Crippen LogP) is 3.32. The van der Waals surface area contributed by atoms with Crippen LogP contribution in [0.3, 0.4) is 0 Å². The van der Waals surface area contributed by atoms with Crippen molar-refractivity contribution < 1.29 is 4.74 Å². The molecule has 2 aromatic carbocycles. The molecule has 2 nitrogen and oxygen atoms in total. The Labute approximate surface area is 114 Å². The number of rotatable bonds is 3. The minimum atomic E-state index is 0.201. The zero-order chi connectivity index (χ0) is 13.2. The van der Waals surface area contributed by atoms with Gasteiger partial charge >= 0.3 is 0 Å². The maximum Gasteiger partial charge on any atom is 0.124 e. The van der Waals surface area contributed by atoms with Gasteiger partial charge in [0.1, 0.15) is 11.9 Å². The molecule has 0 fully saturated rings. The van der Waals surface area contributed by atoms with Gasteiger partial charge in [0.25, 0.3) is 0 Å². The highest BCUT2D eigenvalue weighted by atomic mass is 16.5. The highest BCUT2D eigenvalue weighted by Crippen LogP contribution is 2.37. The summed E-state index contributed by atoms with van der Waals surface area (Å²) >= 11 is 0. The molecule has 0 amide bonds. The lowest BCUT2D eigenvalue weighted by atomic mass is 9.98. The van der Waals surface area contributed by atoms with Crippen LogP contribution in [0.15, 0.2) is 48.5 Å². The van der Waals surface area contributed by atoms with Crippen molar-refractivity contribution in [1.82, 2.24) is 5.32 Å². The Morgan fingerprint density at radius 1 is 1.05 bits per heavy atom. The van der Waals surface area contributed by atoms with E-state index in [0.717, 1.165) is 12.2 Å². The fourth-order valence-corrected chi connectivity index (χ4v) is 2.80. The van der Waals surface area contributed by atoms with Crippen molar-refractivity contribution in [1.29, 1.82) is 0 Å². The van der Waals surface area contributed by atoms with Crippen LogP contribution in [0, 0.1) is 0 Å². The van der Waals surface area contributed by atoms with Crippen LogP contribution in [0.4, 0.5) is 0 Å². The van der Waals surface area contributed by atoms with E-state index in [1.807, 2.05) is 7.05 Å². The molecule has 0 saturated heterocycles. The van der Waals surface area contributed by atoms with Crippen molar-refractivity contribution >= 4 is 0 Å². The van der Waals surface area contributed by atoms with Gasteiger partial charge in [-0.05, 0) is 37.6 Å². The summed E-state index contributed by atoms with van der Waals surface area (Å²) in [5, 5.41) is 3.34. The van der Waals surface area contributed by atoms with E-state index in [1.165, 1.54) is 16.7 Å². The molecule has 0 radical (unpaired) electrons. The molecule has 98 valence electrons. The first-order valence-corrected chi connectivity index (χ1v) is 6.78. The second-order valence-electron chi connectivity index (χ2n) is 5.12. The number of likely N-dealkylation sites (N-methyl/N-ethyl adjacent to an activating group) is 1. The molecule has 0 bridgehead atoms. The average Bonchev–Trinajstić information content (AvgIpc) is 2.74. The summed E-state index contributed by atoms with van der Waals surface area (Å²) in [7, 11) is 1.99. The second kappa shape index (κ2) is 5.06. The van der Waals surface area contributed by atoms with Crippen LogP contribution in [-0.4, -0.2) is 13.2 Å². The van der Waals surface area contributed by atoms with Crippen molar-refractivity contribution in [3.63, 3.8) is 0 Å². The number of benzene rings is 2. The molecule has 0 saturated carbocycles. The van der Waals surface area contributed by atoms with Crippen LogP contribution >= 0.6 is 0 Å². The summed E-state index contributed by atoms with van der Waals surface area (Å²) in [4.78, 5) is 0. The van der Waals surface area contributed by atoms with E-state index in [9.17, 15) is 0 Å². The third-order valence-electron chi connectivity index (χ3n) is 3.75. The fraction of sp³-hybridized carbons (Fsp3) is 0.294. The molecule has 1 aliphatic heterocycles. The average molecular weight is 253 g/mol. The van der Waals surface area contributed by atoms with Gasteiger partial charge in [-0.1, -0.05) is 42.5 Å². The Balaban J connectivity index is 1.88. The van der Waals surface area contributed by atoms with Crippen molar-refractivity contribution in [2.45, 2.75) is 25.5 Å². The van der Waals surface area contributed by atoms with Gasteiger partial charge in [0.05, 0.1) is 6.04 Å². The molecule has 0 aromatic heterocycles. The standard InChI is InChI=1S/C17H19NO/c1-12-17(18-2)15-11-14(8-9-16(15)19-12)10-13-6-4-3-5-7-13/h3-9,11-12,17-18H,10H2,1-2H3. The zero-order valence-corrected chi connectivity index (χ0v) is 11.4. The maximum atomic E-state index is 5.85. The molecule has 2 heteroatoms. The summed E-state index contributed by atoms with van der Waals surface area (Å²) in [6.07, 6.45) is 1.17.